The smallest absolute Gasteiger partial charge is 0.267 e. The summed E-state index contributed by atoms with van der Waals surface area (Å²) in [4.78, 5) is 27.5. The second-order valence-corrected chi connectivity index (χ2v) is 5.45. The minimum atomic E-state index is -0.0967. The fourth-order valence-corrected chi connectivity index (χ4v) is 2.51. The summed E-state index contributed by atoms with van der Waals surface area (Å²) < 4.78 is 1.47. The van der Waals surface area contributed by atoms with Crippen molar-refractivity contribution >= 4 is 5.91 Å². The standard InChI is InChI=1S/C15H21N5O2/c1-3-20-14(21)9-12-10-19(8-5-13(12)17-20)11-15(22)18(2)7-4-6-16/h9H,3-5,7-8,10-11H2,1-2H3. The molecule has 0 aliphatic carbocycles. The van der Waals surface area contributed by atoms with Gasteiger partial charge >= 0.3 is 0 Å². The Labute approximate surface area is 129 Å². The Balaban J connectivity index is 2.00. The van der Waals surface area contributed by atoms with Gasteiger partial charge < -0.3 is 4.90 Å². The second-order valence-electron chi connectivity index (χ2n) is 5.45. The monoisotopic (exact) mass is 303 g/mol. The van der Waals surface area contributed by atoms with Crippen molar-refractivity contribution in [2.45, 2.75) is 32.9 Å². The van der Waals surface area contributed by atoms with Gasteiger partial charge in [-0.3, -0.25) is 14.5 Å². The first-order valence-electron chi connectivity index (χ1n) is 7.48. The highest BCUT2D eigenvalue weighted by molar-refractivity contribution is 5.78. The largest absolute Gasteiger partial charge is 0.344 e. The van der Waals surface area contributed by atoms with Gasteiger partial charge in [0.1, 0.15) is 0 Å². The molecule has 118 valence electrons. The van der Waals surface area contributed by atoms with Gasteiger partial charge in [0, 0.05) is 45.7 Å². The van der Waals surface area contributed by atoms with E-state index in [1.54, 1.807) is 18.0 Å². The van der Waals surface area contributed by atoms with Crippen molar-refractivity contribution in [3.05, 3.63) is 27.7 Å². The molecule has 7 heteroatoms. The van der Waals surface area contributed by atoms with Crippen LogP contribution in [0.15, 0.2) is 10.9 Å². The topological polar surface area (TPSA) is 82.2 Å². The number of aromatic nitrogens is 2. The van der Waals surface area contributed by atoms with E-state index in [0.717, 1.165) is 24.2 Å². The summed E-state index contributed by atoms with van der Waals surface area (Å²) >= 11 is 0. The van der Waals surface area contributed by atoms with Crippen molar-refractivity contribution < 1.29 is 4.79 Å². The molecule has 0 spiro atoms. The Morgan fingerprint density at radius 1 is 1.55 bits per heavy atom. The number of nitriles is 1. The zero-order valence-electron chi connectivity index (χ0n) is 13.1. The maximum absolute atomic E-state index is 12.1. The number of hydrogen-bond donors (Lipinski definition) is 0. The maximum Gasteiger partial charge on any atom is 0.267 e. The molecule has 0 aromatic carbocycles. The van der Waals surface area contributed by atoms with E-state index in [2.05, 4.69) is 5.10 Å². The van der Waals surface area contributed by atoms with Crippen LogP contribution in [0.4, 0.5) is 0 Å². The Morgan fingerprint density at radius 2 is 2.32 bits per heavy atom. The van der Waals surface area contributed by atoms with Crippen molar-refractivity contribution in [2.75, 3.05) is 26.7 Å². The van der Waals surface area contributed by atoms with E-state index in [4.69, 9.17) is 5.26 Å². The van der Waals surface area contributed by atoms with Gasteiger partial charge in [0.2, 0.25) is 5.91 Å². The lowest BCUT2D eigenvalue weighted by atomic mass is 10.1. The molecular weight excluding hydrogens is 282 g/mol. The minimum absolute atomic E-state index is 0.00596. The first-order valence-corrected chi connectivity index (χ1v) is 7.48. The van der Waals surface area contributed by atoms with Gasteiger partial charge in [-0.15, -0.1) is 0 Å². The SMILES string of the molecule is CCn1nc2c(cc1=O)CN(CC(=O)N(C)CCC#N)CC2. The molecule has 0 N–H and O–H groups in total. The van der Waals surface area contributed by atoms with Crippen LogP contribution < -0.4 is 5.56 Å². The zero-order valence-corrected chi connectivity index (χ0v) is 13.1. The summed E-state index contributed by atoms with van der Waals surface area (Å²) in [6.07, 6.45) is 1.08. The number of amides is 1. The summed E-state index contributed by atoms with van der Waals surface area (Å²) in [5, 5.41) is 12.9. The molecule has 1 aromatic heterocycles. The number of carbonyl (C=O) groups is 1. The number of fused-ring (bicyclic) bond motifs is 1. The summed E-state index contributed by atoms with van der Waals surface area (Å²) in [5.74, 6) is -0.00596. The molecule has 2 rings (SSSR count). The predicted molar refractivity (Wildman–Crippen MR) is 81.0 cm³/mol. The molecule has 0 bridgehead atoms. The molecule has 2 heterocycles. The van der Waals surface area contributed by atoms with Crippen molar-refractivity contribution in [3.63, 3.8) is 0 Å². The number of aryl methyl sites for hydroxylation is 1. The van der Waals surface area contributed by atoms with Crippen LogP contribution in [0.5, 0.6) is 0 Å². The Bertz CT molecular complexity index is 646. The van der Waals surface area contributed by atoms with E-state index in [1.165, 1.54) is 4.68 Å². The average Bonchev–Trinajstić information content (AvgIpc) is 2.51. The van der Waals surface area contributed by atoms with Crippen LogP contribution in [0.3, 0.4) is 0 Å². The average molecular weight is 303 g/mol. The van der Waals surface area contributed by atoms with Gasteiger partial charge in [-0.2, -0.15) is 10.4 Å². The van der Waals surface area contributed by atoms with Gasteiger partial charge in [0.15, 0.2) is 0 Å². The van der Waals surface area contributed by atoms with Crippen molar-refractivity contribution in [1.82, 2.24) is 19.6 Å². The van der Waals surface area contributed by atoms with Gasteiger partial charge in [0.25, 0.3) is 5.56 Å². The fourth-order valence-electron chi connectivity index (χ4n) is 2.51. The van der Waals surface area contributed by atoms with Crippen LogP contribution in [0.25, 0.3) is 0 Å². The maximum atomic E-state index is 12.1. The zero-order chi connectivity index (χ0) is 16.1. The van der Waals surface area contributed by atoms with Crippen LogP contribution >= 0.6 is 0 Å². The van der Waals surface area contributed by atoms with Crippen LogP contribution in [0.1, 0.15) is 24.6 Å². The van der Waals surface area contributed by atoms with Crippen molar-refractivity contribution in [3.8, 4) is 6.07 Å². The third kappa shape index (κ3) is 3.71. The fraction of sp³-hybridized carbons (Fsp3) is 0.600. The lowest BCUT2D eigenvalue weighted by Crippen LogP contribution is -2.42. The van der Waals surface area contributed by atoms with Crippen molar-refractivity contribution in [1.29, 1.82) is 5.26 Å². The third-order valence-electron chi connectivity index (χ3n) is 3.87. The lowest BCUT2D eigenvalue weighted by molar-refractivity contribution is -0.131. The van der Waals surface area contributed by atoms with Gasteiger partial charge in [-0.25, -0.2) is 4.68 Å². The Kier molecular flexibility index (Phi) is 5.28. The summed E-state index contributed by atoms with van der Waals surface area (Å²) in [7, 11) is 1.71. The van der Waals surface area contributed by atoms with Gasteiger partial charge in [0.05, 0.1) is 24.7 Å². The number of carbonyl (C=O) groups excluding carboxylic acids is 1. The van der Waals surface area contributed by atoms with E-state index in [-0.39, 0.29) is 11.5 Å². The molecule has 1 aliphatic heterocycles. The second kappa shape index (κ2) is 7.18. The quantitative estimate of drug-likeness (QED) is 0.764. The Hall–Kier alpha value is -2.20. The molecule has 0 atom stereocenters. The van der Waals surface area contributed by atoms with E-state index < -0.39 is 0 Å². The molecule has 0 radical (unpaired) electrons. The normalized spacial score (nSPS) is 14.2. The predicted octanol–water partition coefficient (Wildman–Crippen LogP) is -0.00662. The number of nitrogens with zero attached hydrogens (tertiary/aromatic N) is 5. The molecule has 7 nitrogen and oxygen atoms in total. The minimum Gasteiger partial charge on any atom is -0.344 e. The molecule has 0 fully saturated rings. The first-order chi connectivity index (χ1) is 10.5. The highest BCUT2D eigenvalue weighted by atomic mass is 16.2. The molecule has 0 unspecified atom stereocenters. The molecule has 1 aliphatic rings. The van der Waals surface area contributed by atoms with Crippen LogP contribution in [0.2, 0.25) is 0 Å². The summed E-state index contributed by atoms with van der Waals surface area (Å²) in [6.45, 7) is 4.53. The third-order valence-corrected chi connectivity index (χ3v) is 3.87. The highest BCUT2D eigenvalue weighted by Gasteiger charge is 2.21. The molecule has 1 aromatic rings. The molecular formula is C15H21N5O2. The number of hydrogen-bond acceptors (Lipinski definition) is 5. The number of rotatable bonds is 5. The van der Waals surface area contributed by atoms with E-state index >= 15 is 0 Å². The lowest BCUT2D eigenvalue weighted by Gasteiger charge is -2.29. The molecule has 0 saturated carbocycles. The summed E-state index contributed by atoms with van der Waals surface area (Å²) in [5.41, 5.74) is 1.76. The van der Waals surface area contributed by atoms with Gasteiger partial charge in [-0.1, -0.05) is 0 Å². The number of likely N-dealkylation sites (N-methyl/N-ethyl adjacent to an activating group) is 1. The highest BCUT2D eigenvalue weighted by Crippen LogP contribution is 2.15. The summed E-state index contributed by atoms with van der Waals surface area (Å²) in [6, 6.07) is 3.66. The van der Waals surface area contributed by atoms with E-state index in [1.807, 2.05) is 17.9 Å². The van der Waals surface area contributed by atoms with Crippen LogP contribution in [-0.2, 0) is 24.3 Å². The molecule has 0 saturated heterocycles. The van der Waals surface area contributed by atoms with Crippen LogP contribution in [-0.4, -0.2) is 52.2 Å². The molecule has 1 amide bonds. The van der Waals surface area contributed by atoms with E-state index in [9.17, 15) is 9.59 Å². The Morgan fingerprint density at radius 3 is 3.00 bits per heavy atom. The van der Waals surface area contributed by atoms with Gasteiger partial charge in [-0.05, 0) is 12.5 Å². The molecule has 22 heavy (non-hydrogen) atoms. The van der Waals surface area contributed by atoms with E-state index in [0.29, 0.717) is 32.6 Å². The van der Waals surface area contributed by atoms with Crippen LogP contribution in [0, 0.1) is 11.3 Å². The van der Waals surface area contributed by atoms with Crippen molar-refractivity contribution in [2.24, 2.45) is 0 Å². The first kappa shape index (κ1) is 16.2.